The predicted octanol–water partition coefficient (Wildman–Crippen LogP) is 3.39. The number of nitrogens with one attached hydrogen (secondary N) is 1. The summed E-state index contributed by atoms with van der Waals surface area (Å²) in [5, 5.41) is 3.16. The first-order valence-electron chi connectivity index (χ1n) is 5.34. The minimum absolute atomic E-state index is 0.0336. The van der Waals surface area contributed by atoms with Crippen molar-refractivity contribution in [3.8, 4) is 0 Å². The number of rotatable bonds is 3. The van der Waals surface area contributed by atoms with E-state index in [-0.39, 0.29) is 5.54 Å². The molecule has 0 aliphatic carbocycles. The van der Waals surface area contributed by atoms with Crippen molar-refractivity contribution >= 4 is 0 Å². The highest BCUT2D eigenvalue weighted by molar-refractivity contribution is 5.24. The molecule has 0 aliphatic rings. The molecule has 0 bridgehead atoms. The van der Waals surface area contributed by atoms with Gasteiger partial charge in [-0.15, -0.1) is 0 Å². The van der Waals surface area contributed by atoms with Crippen LogP contribution in [-0.2, 0) is 0 Å². The number of halogens is 1. The third kappa shape index (κ3) is 4.43. The molecule has 1 atom stereocenters. The molecule has 1 rings (SSSR count). The third-order valence-corrected chi connectivity index (χ3v) is 2.22. The Kier molecular flexibility index (Phi) is 3.86. The summed E-state index contributed by atoms with van der Waals surface area (Å²) in [5.74, 6) is 0. The molecule has 1 aromatic carbocycles. The lowest BCUT2D eigenvalue weighted by molar-refractivity contribution is 0.291. The van der Waals surface area contributed by atoms with Gasteiger partial charge in [0, 0.05) is 12.1 Å². The van der Waals surface area contributed by atoms with Crippen LogP contribution in [0.2, 0.25) is 0 Å². The Labute approximate surface area is 91.7 Å². The average Bonchev–Trinajstić information content (AvgIpc) is 2.13. The molecule has 0 saturated carbocycles. The molecule has 0 heterocycles. The number of benzene rings is 1. The molecule has 0 amide bonds. The van der Waals surface area contributed by atoms with Crippen LogP contribution in [0.4, 0.5) is 4.39 Å². The topological polar surface area (TPSA) is 12.0 Å². The molecule has 1 nitrogen and oxygen atoms in total. The number of alkyl halides is 1. The first-order valence-corrected chi connectivity index (χ1v) is 5.34. The van der Waals surface area contributed by atoms with Crippen molar-refractivity contribution in [1.82, 2.24) is 5.32 Å². The van der Waals surface area contributed by atoms with Gasteiger partial charge in [0.05, 0.1) is 0 Å². The standard InChI is InChI=1S/C13H20FN/c1-10-6-5-7-11(8-10)12(14)9-15-13(2,3)4/h5-8,12,15H,9H2,1-4H3. The first-order chi connectivity index (χ1) is 6.88. The Morgan fingerprint density at radius 3 is 2.53 bits per heavy atom. The van der Waals surface area contributed by atoms with Gasteiger partial charge in [-0.2, -0.15) is 0 Å². The van der Waals surface area contributed by atoms with E-state index in [1.807, 2.05) is 52.0 Å². The summed E-state index contributed by atoms with van der Waals surface area (Å²) in [6.07, 6.45) is -0.927. The normalized spacial score (nSPS) is 13.9. The molecular formula is C13H20FN. The van der Waals surface area contributed by atoms with Crippen LogP contribution in [0, 0.1) is 6.92 Å². The smallest absolute Gasteiger partial charge is 0.138 e. The second-order valence-electron chi connectivity index (χ2n) is 5.01. The minimum atomic E-state index is -0.927. The van der Waals surface area contributed by atoms with Crippen molar-refractivity contribution in [3.63, 3.8) is 0 Å². The van der Waals surface area contributed by atoms with Crippen LogP contribution in [-0.4, -0.2) is 12.1 Å². The second kappa shape index (κ2) is 4.75. The number of hydrogen-bond donors (Lipinski definition) is 1. The molecule has 15 heavy (non-hydrogen) atoms. The van der Waals surface area contributed by atoms with Crippen molar-refractivity contribution in [1.29, 1.82) is 0 Å². The molecule has 0 radical (unpaired) electrons. The highest BCUT2D eigenvalue weighted by atomic mass is 19.1. The maximum atomic E-state index is 13.8. The van der Waals surface area contributed by atoms with E-state index >= 15 is 0 Å². The zero-order valence-corrected chi connectivity index (χ0v) is 9.97. The average molecular weight is 209 g/mol. The molecular weight excluding hydrogens is 189 g/mol. The third-order valence-electron chi connectivity index (χ3n) is 2.22. The van der Waals surface area contributed by atoms with E-state index in [0.717, 1.165) is 11.1 Å². The maximum Gasteiger partial charge on any atom is 0.138 e. The van der Waals surface area contributed by atoms with Crippen LogP contribution in [0.5, 0.6) is 0 Å². The van der Waals surface area contributed by atoms with Gasteiger partial charge >= 0.3 is 0 Å². The zero-order chi connectivity index (χ0) is 11.5. The SMILES string of the molecule is Cc1cccc(C(F)CNC(C)(C)C)c1. The molecule has 1 N–H and O–H groups in total. The Morgan fingerprint density at radius 1 is 1.33 bits per heavy atom. The van der Waals surface area contributed by atoms with Crippen LogP contribution in [0.1, 0.15) is 38.1 Å². The van der Waals surface area contributed by atoms with E-state index in [4.69, 9.17) is 0 Å². The van der Waals surface area contributed by atoms with Gasteiger partial charge in [0.1, 0.15) is 6.17 Å². The molecule has 0 aliphatic heterocycles. The summed E-state index contributed by atoms with van der Waals surface area (Å²) in [6.45, 7) is 8.46. The lowest BCUT2D eigenvalue weighted by Gasteiger charge is -2.22. The second-order valence-corrected chi connectivity index (χ2v) is 5.01. The van der Waals surface area contributed by atoms with Gasteiger partial charge in [0.2, 0.25) is 0 Å². The van der Waals surface area contributed by atoms with Crippen LogP contribution in [0.3, 0.4) is 0 Å². The van der Waals surface area contributed by atoms with E-state index in [2.05, 4.69) is 5.32 Å². The van der Waals surface area contributed by atoms with Gasteiger partial charge in [0.15, 0.2) is 0 Å². The van der Waals surface area contributed by atoms with Crippen molar-refractivity contribution in [2.24, 2.45) is 0 Å². The molecule has 0 fully saturated rings. The van der Waals surface area contributed by atoms with Crippen molar-refractivity contribution in [3.05, 3.63) is 35.4 Å². The lowest BCUT2D eigenvalue weighted by Crippen LogP contribution is -2.37. The minimum Gasteiger partial charge on any atom is -0.309 e. The molecule has 0 saturated heterocycles. The van der Waals surface area contributed by atoms with Gasteiger partial charge in [-0.3, -0.25) is 0 Å². The fourth-order valence-electron chi connectivity index (χ4n) is 1.38. The van der Waals surface area contributed by atoms with Gasteiger partial charge in [0.25, 0.3) is 0 Å². The Morgan fingerprint density at radius 2 is 2.00 bits per heavy atom. The monoisotopic (exact) mass is 209 g/mol. The zero-order valence-electron chi connectivity index (χ0n) is 9.97. The molecule has 1 unspecified atom stereocenters. The molecule has 84 valence electrons. The van der Waals surface area contributed by atoms with Gasteiger partial charge in [-0.25, -0.2) is 4.39 Å². The largest absolute Gasteiger partial charge is 0.309 e. The molecule has 0 spiro atoms. The van der Waals surface area contributed by atoms with Crippen molar-refractivity contribution in [2.75, 3.05) is 6.54 Å². The summed E-state index contributed by atoms with van der Waals surface area (Å²) in [7, 11) is 0. The van der Waals surface area contributed by atoms with Crippen molar-refractivity contribution < 1.29 is 4.39 Å². The van der Waals surface area contributed by atoms with Crippen LogP contribution in [0.25, 0.3) is 0 Å². The summed E-state index contributed by atoms with van der Waals surface area (Å²) >= 11 is 0. The van der Waals surface area contributed by atoms with Gasteiger partial charge in [-0.1, -0.05) is 29.8 Å². The summed E-state index contributed by atoms with van der Waals surface area (Å²) in [6, 6.07) is 7.61. The fraction of sp³-hybridized carbons (Fsp3) is 0.538. The van der Waals surface area contributed by atoms with Crippen LogP contribution < -0.4 is 5.32 Å². The van der Waals surface area contributed by atoms with E-state index in [9.17, 15) is 4.39 Å². The highest BCUT2D eigenvalue weighted by Gasteiger charge is 2.14. The summed E-state index contributed by atoms with van der Waals surface area (Å²) < 4.78 is 13.8. The van der Waals surface area contributed by atoms with Gasteiger partial charge < -0.3 is 5.32 Å². The number of aryl methyl sites for hydroxylation is 1. The fourth-order valence-corrected chi connectivity index (χ4v) is 1.38. The highest BCUT2D eigenvalue weighted by Crippen LogP contribution is 2.18. The molecule has 2 heteroatoms. The van der Waals surface area contributed by atoms with E-state index in [1.54, 1.807) is 0 Å². The number of hydrogen-bond acceptors (Lipinski definition) is 1. The Hall–Kier alpha value is -0.890. The van der Waals surface area contributed by atoms with Crippen LogP contribution in [0.15, 0.2) is 24.3 Å². The van der Waals surface area contributed by atoms with Crippen LogP contribution >= 0.6 is 0 Å². The van der Waals surface area contributed by atoms with Crippen molar-refractivity contribution in [2.45, 2.75) is 39.4 Å². The first kappa shape index (κ1) is 12.2. The predicted molar refractivity (Wildman–Crippen MR) is 62.8 cm³/mol. The molecule has 0 aromatic heterocycles. The van der Waals surface area contributed by atoms with E-state index in [1.165, 1.54) is 0 Å². The quantitative estimate of drug-likeness (QED) is 0.804. The molecule has 1 aromatic rings. The maximum absolute atomic E-state index is 13.8. The Balaban J connectivity index is 2.58. The lowest BCUT2D eigenvalue weighted by atomic mass is 10.1. The summed E-state index contributed by atoms with van der Waals surface area (Å²) in [5.41, 5.74) is 1.83. The van der Waals surface area contributed by atoms with E-state index < -0.39 is 6.17 Å². The summed E-state index contributed by atoms with van der Waals surface area (Å²) in [4.78, 5) is 0. The van der Waals surface area contributed by atoms with Gasteiger partial charge in [-0.05, 0) is 33.3 Å². The Bertz CT molecular complexity index is 315. The van der Waals surface area contributed by atoms with E-state index in [0.29, 0.717) is 6.54 Å².